The van der Waals surface area contributed by atoms with Crippen LogP contribution in [0.25, 0.3) is 5.65 Å². The highest BCUT2D eigenvalue weighted by Crippen LogP contribution is 2.28. The van der Waals surface area contributed by atoms with Gasteiger partial charge >= 0.3 is 0 Å². The molecule has 2 rings (SSSR count). The molecule has 4 heteroatoms. The Morgan fingerprint density at radius 2 is 2.21 bits per heavy atom. The van der Waals surface area contributed by atoms with E-state index < -0.39 is 0 Å². The smallest absolute Gasteiger partial charge is 0.138 e. The van der Waals surface area contributed by atoms with Crippen LogP contribution in [-0.2, 0) is 6.54 Å². The van der Waals surface area contributed by atoms with E-state index in [1.54, 1.807) is 0 Å². The molecule has 0 aliphatic rings. The summed E-state index contributed by atoms with van der Waals surface area (Å²) in [6.45, 7) is 8.61. The third-order valence-corrected chi connectivity index (χ3v) is 4.48. The normalized spacial score (nSPS) is 13.0. The molecule has 0 aromatic carbocycles. The summed E-state index contributed by atoms with van der Waals surface area (Å²) in [6, 6.07) is 6.18. The summed E-state index contributed by atoms with van der Waals surface area (Å²) in [5.74, 6) is 0. The zero-order valence-electron chi connectivity index (χ0n) is 12.0. The van der Waals surface area contributed by atoms with Gasteiger partial charge in [-0.05, 0) is 31.5 Å². The second kappa shape index (κ2) is 6.96. The Hall–Kier alpha value is -1.00. The number of aromatic nitrogens is 2. The van der Waals surface area contributed by atoms with E-state index in [0.717, 1.165) is 25.2 Å². The first-order chi connectivity index (χ1) is 9.26. The molecule has 2 aromatic heterocycles. The number of hydrogen-bond acceptors (Lipinski definition) is 3. The maximum absolute atomic E-state index is 4.77. The third kappa shape index (κ3) is 3.51. The van der Waals surface area contributed by atoms with Crippen LogP contribution in [0.15, 0.2) is 29.4 Å². The zero-order chi connectivity index (χ0) is 13.7. The third-order valence-electron chi connectivity index (χ3n) is 3.20. The first-order valence-corrected chi connectivity index (χ1v) is 7.97. The Kier molecular flexibility index (Phi) is 5.28. The molecular weight excluding hydrogens is 254 g/mol. The quantitative estimate of drug-likeness (QED) is 0.618. The topological polar surface area (TPSA) is 29.3 Å². The lowest BCUT2D eigenvalue weighted by Crippen LogP contribution is -2.16. The first kappa shape index (κ1) is 14.4. The molecule has 104 valence electrons. The molecule has 0 radical (unpaired) electrons. The lowest BCUT2D eigenvalue weighted by molar-refractivity contribution is 0.652. The first-order valence-electron chi connectivity index (χ1n) is 7.09. The van der Waals surface area contributed by atoms with Gasteiger partial charge in [-0.3, -0.25) is 0 Å². The van der Waals surface area contributed by atoms with Crippen LogP contribution < -0.4 is 5.32 Å². The Labute approximate surface area is 119 Å². The van der Waals surface area contributed by atoms with Crippen molar-refractivity contribution in [1.82, 2.24) is 14.7 Å². The van der Waals surface area contributed by atoms with Gasteiger partial charge in [0, 0.05) is 18.0 Å². The summed E-state index contributed by atoms with van der Waals surface area (Å²) >= 11 is 1.88. The van der Waals surface area contributed by atoms with Crippen molar-refractivity contribution in [3.63, 3.8) is 0 Å². The van der Waals surface area contributed by atoms with E-state index in [1.807, 2.05) is 17.8 Å². The summed E-state index contributed by atoms with van der Waals surface area (Å²) in [4.78, 5) is 4.77. The van der Waals surface area contributed by atoms with Gasteiger partial charge in [0.05, 0.1) is 5.69 Å². The number of fused-ring (bicyclic) bond motifs is 1. The summed E-state index contributed by atoms with van der Waals surface area (Å²) in [7, 11) is 0. The van der Waals surface area contributed by atoms with Crippen LogP contribution in [0, 0.1) is 0 Å². The van der Waals surface area contributed by atoms with E-state index in [4.69, 9.17) is 4.98 Å². The molecule has 1 N–H and O–H groups in total. The van der Waals surface area contributed by atoms with Crippen LogP contribution in [0.3, 0.4) is 0 Å². The van der Waals surface area contributed by atoms with E-state index in [2.05, 4.69) is 48.8 Å². The van der Waals surface area contributed by atoms with Crippen molar-refractivity contribution in [3.05, 3.63) is 30.1 Å². The van der Waals surface area contributed by atoms with Gasteiger partial charge in [-0.2, -0.15) is 0 Å². The summed E-state index contributed by atoms with van der Waals surface area (Å²) < 4.78 is 2.20. The SMILES string of the molecule is CCCNCc1c(SC(C)CC)nc2ccccn12. The monoisotopic (exact) mass is 277 g/mol. The van der Waals surface area contributed by atoms with Gasteiger partial charge < -0.3 is 9.72 Å². The molecule has 0 bridgehead atoms. The Bertz CT molecular complexity index is 521. The molecule has 1 unspecified atom stereocenters. The van der Waals surface area contributed by atoms with Gasteiger partial charge in [0.2, 0.25) is 0 Å². The van der Waals surface area contributed by atoms with Crippen LogP contribution in [0.5, 0.6) is 0 Å². The van der Waals surface area contributed by atoms with Crippen LogP contribution in [0.1, 0.15) is 39.3 Å². The van der Waals surface area contributed by atoms with Gasteiger partial charge in [-0.15, -0.1) is 11.8 Å². The van der Waals surface area contributed by atoms with Gasteiger partial charge in [0.15, 0.2) is 0 Å². The van der Waals surface area contributed by atoms with Crippen LogP contribution >= 0.6 is 11.8 Å². The van der Waals surface area contributed by atoms with Crippen molar-refractivity contribution >= 4 is 17.4 Å². The predicted octanol–water partition coefficient (Wildman–Crippen LogP) is 3.72. The highest BCUT2D eigenvalue weighted by molar-refractivity contribution is 7.99. The number of imidazole rings is 1. The van der Waals surface area contributed by atoms with Crippen LogP contribution in [0.2, 0.25) is 0 Å². The molecule has 0 saturated heterocycles. The van der Waals surface area contributed by atoms with Gasteiger partial charge in [0.1, 0.15) is 10.7 Å². The van der Waals surface area contributed by atoms with E-state index >= 15 is 0 Å². The lowest BCUT2D eigenvalue weighted by Gasteiger charge is -2.09. The van der Waals surface area contributed by atoms with Gasteiger partial charge in [-0.1, -0.05) is 26.8 Å². The van der Waals surface area contributed by atoms with Crippen molar-refractivity contribution in [2.24, 2.45) is 0 Å². The van der Waals surface area contributed by atoms with Gasteiger partial charge in [0.25, 0.3) is 0 Å². The molecular formula is C15H23N3S. The lowest BCUT2D eigenvalue weighted by atomic mass is 10.4. The molecule has 1 atom stereocenters. The van der Waals surface area contributed by atoms with Crippen molar-refractivity contribution in [2.75, 3.05) is 6.54 Å². The molecule has 0 aliphatic carbocycles. The maximum atomic E-state index is 4.77. The van der Waals surface area contributed by atoms with Crippen LogP contribution in [-0.4, -0.2) is 21.2 Å². The minimum absolute atomic E-state index is 0.606. The van der Waals surface area contributed by atoms with Crippen molar-refractivity contribution in [2.45, 2.75) is 50.4 Å². The van der Waals surface area contributed by atoms with Crippen LogP contribution in [0.4, 0.5) is 0 Å². The Balaban J connectivity index is 2.28. The average molecular weight is 277 g/mol. The molecule has 0 aliphatic heterocycles. The summed E-state index contributed by atoms with van der Waals surface area (Å²) in [5.41, 5.74) is 2.33. The van der Waals surface area contributed by atoms with Gasteiger partial charge in [-0.25, -0.2) is 4.98 Å². The summed E-state index contributed by atoms with van der Waals surface area (Å²) in [5, 5.41) is 5.26. The minimum Gasteiger partial charge on any atom is -0.311 e. The summed E-state index contributed by atoms with van der Waals surface area (Å²) in [6.07, 6.45) is 4.43. The zero-order valence-corrected chi connectivity index (χ0v) is 12.8. The number of pyridine rings is 1. The van der Waals surface area contributed by atoms with Crippen molar-refractivity contribution in [1.29, 1.82) is 0 Å². The van der Waals surface area contributed by atoms with E-state index in [9.17, 15) is 0 Å². The second-order valence-corrected chi connectivity index (χ2v) is 6.23. The highest BCUT2D eigenvalue weighted by atomic mass is 32.2. The number of hydrogen-bond donors (Lipinski definition) is 1. The number of nitrogens with zero attached hydrogens (tertiary/aromatic N) is 2. The molecule has 0 saturated carbocycles. The predicted molar refractivity (Wildman–Crippen MR) is 82.8 cm³/mol. The molecule has 2 aromatic rings. The fraction of sp³-hybridized carbons (Fsp3) is 0.533. The van der Waals surface area contributed by atoms with E-state index in [-0.39, 0.29) is 0 Å². The van der Waals surface area contributed by atoms with Crippen molar-refractivity contribution in [3.8, 4) is 0 Å². The maximum Gasteiger partial charge on any atom is 0.138 e. The minimum atomic E-state index is 0.606. The molecule has 2 heterocycles. The van der Waals surface area contributed by atoms with Crippen molar-refractivity contribution < 1.29 is 0 Å². The fourth-order valence-electron chi connectivity index (χ4n) is 1.94. The highest BCUT2D eigenvalue weighted by Gasteiger charge is 2.14. The Morgan fingerprint density at radius 1 is 1.37 bits per heavy atom. The number of nitrogens with one attached hydrogen (secondary N) is 1. The largest absolute Gasteiger partial charge is 0.311 e. The molecule has 0 amide bonds. The second-order valence-electron chi connectivity index (χ2n) is 4.81. The van der Waals surface area contributed by atoms with E-state index in [0.29, 0.717) is 5.25 Å². The Morgan fingerprint density at radius 3 is 2.95 bits per heavy atom. The molecule has 0 fully saturated rings. The molecule has 3 nitrogen and oxygen atoms in total. The molecule has 19 heavy (non-hydrogen) atoms. The van der Waals surface area contributed by atoms with E-state index in [1.165, 1.54) is 17.1 Å². The standard InChI is InChI=1S/C15H23N3S/c1-4-9-16-11-13-15(19-12(3)5-2)17-14-8-6-7-10-18(13)14/h6-8,10,12,16H,4-5,9,11H2,1-3H3. The number of rotatable bonds is 7. The molecule has 0 spiro atoms. The average Bonchev–Trinajstić information content (AvgIpc) is 2.77. The number of thioether (sulfide) groups is 1. The fourth-order valence-corrected chi connectivity index (χ4v) is 2.94.